The summed E-state index contributed by atoms with van der Waals surface area (Å²) in [7, 11) is 0. The fourth-order valence-corrected chi connectivity index (χ4v) is 2.01. The Morgan fingerprint density at radius 3 is 3.00 bits per heavy atom. The summed E-state index contributed by atoms with van der Waals surface area (Å²) >= 11 is 6.07. The molecule has 2 rings (SSSR count). The van der Waals surface area contributed by atoms with Gasteiger partial charge in [0.1, 0.15) is 0 Å². The minimum atomic E-state index is 0.239. The van der Waals surface area contributed by atoms with Gasteiger partial charge in [0.25, 0.3) is 0 Å². The van der Waals surface area contributed by atoms with E-state index < -0.39 is 0 Å². The third-order valence-electron chi connectivity index (χ3n) is 2.58. The summed E-state index contributed by atoms with van der Waals surface area (Å²) in [6, 6.07) is 3.82. The van der Waals surface area contributed by atoms with Crippen molar-refractivity contribution >= 4 is 11.6 Å². The molecule has 5 heteroatoms. The largest absolute Gasteiger partial charge is 0.454 e. The van der Waals surface area contributed by atoms with Gasteiger partial charge in [-0.2, -0.15) is 0 Å². The Balaban J connectivity index is 1.87. The number of halogens is 1. The summed E-state index contributed by atoms with van der Waals surface area (Å²) in [5.74, 6) is 1.35. The summed E-state index contributed by atoms with van der Waals surface area (Å²) in [5.41, 5.74) is 1.07. The van der Waals surface area contributed by atoms with Crippen LogP contribution in [-0.4, -0.2) is 25.1 Å². The molecular weight excluding hydrogens is 242 g/mol. The van der Waals surface area contributed by atoms with Gasteiger partial charge in [0.15, 0.2) is 11.5 Å². The molecule has 0 spiro atoms. The molecule has 17 heavy (non-hydrogen) atoms. The van der Waals surface area contributed by atoms with E-state index in [9.17, 15) is 0 Å². The molecule has 0 fully saturated rings. The number of ether oxygens (including phenoxy) is 2. The first-order valence-electron chi connectivity index (χ1n) is 5.71. The van der Waals surface area contributed by atoms with Crippen LogP contribution in [0.3, 0.4) is 0 Å². The maximum Gasteiger partial charge on any atom is 0.231 e. The highest BCUT2D eigenvalue weighted by Gasteiger charge is 2.17. The van der Waals surface area contributed by atoms with Crippen LogP contribution in [0, 0.1) is 0 Å². The Labute approximate surface area is 105 Å². The highest BCUT2D eigenvalue weighted by Crippen LogP contribution is 2.39. The molecule has 0 bridgehead atoms. The number of hydrogen-bond acceptors (Lipinski definition) is 4. The van der Waals surface area contributed by atoms with Crippen LogP contribution in [0.2, 0.25) is 5.02 Å². The number of benzene rings is 1. The highest BCUT2D eigenvalue weighted by atomic mass is 35.5. The van der Waals surface area contributed by atoms with Gasteiger partial charge in [0, 0.05) is 13.2 Å². The van der Waals surface area contributed by atoms with Gasteiger partial charge in [0.05, 0.1) is 5.02 Å². The second kappa shape index (κ2) is 6.10. The van der Waals surface area contributed by atoms with Crippen molar-refractivity contribution in [1.82, 2.24) is 5.32 Å². The average Bonchev–Trinajstić information content (AvgIpc) is 2.77. The lowest BCUT2D eigenvalue weighted by Gasteiger charge is -2.06. The number of nitrogens with one attached hydrogen (secondary N) is 1. The Kier molecular flexibility index (Phi) is 4.48. The molecular formula is C12H16ClNO3. The fourth-order valence-electron chi connectivity index (χ4n) is 1.72. The van der Waals surface area contributed by atoms with E-state index in [2.05, 4.69) is 5.32 Å². The van der Waals surface area contributed by atoms with E-state index in [-0.39, 0.29) is 13.4 Å². The zero-order valence-electron chi connectivity index (χ0n) is 9.54. The van der Waals surface area contributed by atoms with E-state index in [1.807, 2.05) is 12.1 Å². The number of unbranched alkanes of at least 4 members (excludes halogenated alkanes) is 1. The number of aliphatic hydroxyl groups excluding tert-OH is 1. The topological polar surface area (TPSA) is 50.7 Å². The standard InChI is InChI=1S/C12H16ClNO3/c13-10-5-9(7-14-3-1-2-4-15)6-11-12(10)17-8-16-11/h5-6,14-15H,1-4,7-8H2. The lowest BCUT2D eigenvalue weighted by molar-refractivity contribution is 0.174. The lowest BCUT2D eigenvalue weighted by Crippen LogP contribution is -2.14. The third-order valence-corrected chi connectivity index (χ3v) is 2.86. The monoisotopic (exact) mass is 257 g/mol. The number of hydrogen-bond donors (Lipinski definition) is 2. The van der Waals surface area contributed by atoms with Crippen molar-refractivity contribution in [3.05, 3.63) is 22.7 Å². The zero-order valence-corrected chi connectivity index (χ0v) is 10.3. The van der Waals surface area contributed by atoms with Crippen molar-refractivity contribution in [2.24, 2.45) is 0 Å². The van der Waals surface area contributed by atoms with Gasteiger partial charge in [-0.1, -0.05) is 11.6 Å². The maximum atomic E-state index is 8.65. The molecule has 94 valence electrons. The molecule has 0 radical (unpaired) electrons. The van der Waals surface area contributed by atoms with Crippen LogP contribution >= 0.6 is 11.6 Å². The Morgan fingerprint density at radius 2 is 2.18 bits per heavy atom. The number of fused-ring (bicyclic) bond motifs is 1. The Morgan fingerprint density at radius 1 is 1.29 bits per heavy atom. The normalized spacial score (nSPS) is 13.1. The molecule has 1 aromatic rings. The molecule has 0 atom stereocenters. The molecule has 0 aromatic heterocycles. The summed E-state index contributed by atoms with van der Waals surface area (Å²) in [6.45, 7) is 2.11. The molecule has 1 aliphatic heterocycles. The Hall–Kier alpha value is -0.970. The van der Waals surface area contributed by atoms with Crippen molar-refractivity contribution in [2.75, 3.05) is 19.9 Å². The minimum Gasteiger partial charge on any atom is -0.454 e. The molecule has 0 unspecified atom stereocenters. The smallest absolute Gasteiger partial charge is 0.231 e. The molecule has 0 amide bonds. The lowest BCUT2D eigenvalue weighted by atomic mass is 10.2. The first kappa shape index (κ1) is 12.5. The van der Waals surface area contributed by atoms with Crippen LogP contribution in [-0.2, 0) is 6.54 Å². The van der Waals surface area contributed by atoms with E-state index in [0.717, 1.165) is 31.5 Å². The fraction of sp³-hybridized carbons (Fsp3) is 0.500. The highest BCUT2D eigenvalue weighted by molar-refractivity contribution is 6.32. The first-order valence-corrected chi connectivity index (χ1v) is 6.08. The van der Waals surface area contributed by atoms with E-state index in [1.165, 1.54) is 0 Å². The van der Waals surface area contributed by atoms with E-state index in [0.29, 0.717) is 16.5 Å². The predicted molar refractivity (Wildman–Crippen MR) is 65.6 cm³/mol. The second-order valence-electron chi connectivity index (χ2n) is 3.92. The molecule has 1 heterocycles. The minimum absolute atomic E-state index is 0.239. The number of rotatable bonds is 6. The number of aliphatic hydroxyl groups is 1. The SMILES string of the molecule is OCCCCNCc1cc(Cl)c2c(c1)OCO2. The van der Waals surface area contributed by atoms with Gasteiger partial charge in [-0.15, -0.1) is 0 Å². The van der Waals surface area contributed by atoms with Crippen LogP contribution in [0.1, 0.15) is 18.4 Å². The predicted octanol–water partition coefficient (Wildman–Crippen LogP) is 1.93. The maximum absolute atomic E-state index is 8.65. The average molecular weight is 258 g/mol. The van der Waals surface area contributed by atoms with Crippen molar-refractivity contribution < 1.29 is 14.6 Å². The van der Waals surface area contributed by atoms with E-state index in [4.69, 9.17) is 26.2 Å². The van der Waals surface area contributed by atoms with Crippen molar-refractivity contribution in [1.29, 1.82) is 0 Å². The molecule has 1 aliphatic rings. The van der Waals surface area contributed by atoms with Gasteiger partial charge in [-0.3, -0.25) is 0 Å². The van der Waals surface area contributed by atoms with Crippen LogP contribution in [0.15, 0.2) is 12.1 Å². The molecule has 4 nitrogen and oxygen atoms in total. The van der Waals surface area contributed by atoms with Gasteiger partial charge in [-0.05, 0) is 37.1 Å². The summed E-state index contributed by atoms with van der Waals surface area (Å²) in [5, 5.41) is 12.5. The molecule has 1 aromatic carbocycles. The molecule has 0 saturated heterocycles. The summed E-state index contributed by atoms with van der Waals surface area (Å²) in [6.07, 6.45) is 1.80. The second-order valence-corrected chi connectivity index (χ2v) is 4.33. The first-order chi connectivity index (χ1) is 8.31. The summed E-state index contributed by atoms with van der Waals surface area (Å²) in [4.78, 5) is 0. The quantitative estimate of drug-likeness (QED) is 0.765. The third kappa shape index (κ3) is 3.25. The van der Waals surface area contributed by atoms with Crippen molar-refractivity contribution in [3.63, 3.8) is 0 Å². The molecule has 0 aliphatic carbocycles. The van der Waals surface area contributed by atoms with Gasteiger partial charge >= 0.3 is 0 Å². The zero-order chi connectivity index (χ0) is 12.1. The van der Waals surface area contributed by atoms with Crippen LogP contribution in [0.25, 0.3) is 0 Å². The van der Waals surface area contributed by atoms with Crippen LogP contribution in [0.4, 0.5) is 0 Å². The molecule has 2 N–H and O–H groups in total. The summed E-state index contributed by atoms with van der Waals surface area (Å²) < 4.78 is 10.5. The molecule has 0 saturated carbocycles. The van der Waals surface area contributed by atoms with Crippen LogP contribution in [0.5, 0.6) is 11.5 Å². The van der Waals surface area contributed by atoms with Gasteiger partial charge in [0.2, 0.25) is 6.79 Å². The van der Waals surface area contributed by atoms with Gasteiger partial charge in [-0.25, -0.2) is 0 Å². The van der Waals surface area contributed by atoms with E-state index >= 15 is 0 Å². The van der Waals surface area contributed by atoms with Crippen molar-refractivity contribution in [2.45, 2.75) is 19.4 Å². The van der Waals surface area contributed by atoms with Crippen LogP contribution < -0.4 is 14.8 Å². The van der Waals surface area contributed by atoms with Gasteiger partial charge < -0.3 is 19.9 Å². The Bertz CT molecular complexity index is 384. The van der Waals surface area contributed by atoms with E-state index in [1.54, 1.807) is 0 Å². The van der Waals surface area contributed by atoms with Crippen molar-refractivity contribution in [3.8, 4) is 11.5 Å².